The van der Waals surface area contributed by atoms with E-state index < -0.39 is 25.4 Å². The van der Waals surface area contributed by atoms with Gasteiger partial charge in [0.25, 0.3) is 0 Å². The summed E-state index contributed by atoms with van der Waals surface area (Å²) in [6, 6.07) is 5.30. The van der Waals surface area contributed by atoms with Gasteiger partial charge < -0.3 is 5.73 Å². The molecule has 120 valence electrons. The van der Waals surface area contributed by atoms with Crippen molar-refractivity contribution in [3.8, 4) is 0 Å². The Morgan fingerprint density at radius 1 is 1.10 bits per heavy atom. The molecule has 1 aromatic carbocycles. The third kappa shape index (κ3) is 4.26. The Kier molecular flexibility index (Phi) is 5.54. The molecule has 1 aromatic rings. The van der Waals surface area contributed by atoms with Crippen molar-refractivity contribution in [2.24, 2.45) is 5.73 Å². The lowest BCUT2D eigenvalue weighted by molar-refractivity contribution is 0.363. The van der Waals surface area contributed by atoms with Crippen molar-refractivity contribution < 1.29 is 16.8 Å². The van der Waals surface area contributed by atoms with Crippen LogP contribution in [0, 0.1) is 0 Å². The first-order valence-electron chi connectivity index (χ1n) is 6.64. The fourth-order valence-electron chi connectivity index (χ4n) is 1.94. The highest BCUT2D eigenvalue weighted by molar-refractivity contribution is 7.91. The summed E-state index contributed by atoms with van der Waals surface area (Å²) in [5.41, 5.74) is 4.97. The molecule has 21 heavy (non-hydrogen) atoms. The lowest BCUT2D eigenvalue weighted by Gasteiger charge is -2.31. The first-order chi connectivity index (χ1) is 9.60. The van der Waals surface area contributed by atoms with Crippen molar-refractivity contribution in [1.29, 1.82) is 0 Å². The Hall–Kier alpha value is -0.960. The van der Waals surface area contributed by atoms with Crippen molar-refractivity contribution >= 4 is 19.9 Å². The minimum Gasteiger partial charge on any atom is -0.329 e. The van der Waals surface area contributed by atoms with Crippen LogP contribution in [0.15, 0.2) is 34.1 Å². The second-order valence-corrected chi connectivity index (χ2v) is 8.74. The number of sulfonamides is 1. The maximum Gasteiger partial charge on any atom is 0.241 e. The largest absolute Gasteiger partial charge is 0.329 e. The molecule has 3 N–H and O–H groups in total. The monoisotopic (exact) mass is 334 g/mol. The summed E-state index contributed by atoms with van der Waals surface area (Å²) in [5, 5.41) is 0. The number of sulfone groups is 1. The molecule has 0 aliphatic carbocycles. The zero-order valence-electron chi connectivity index (χ0n) is 12.5. The van der Waals surface area contributed by atoms with E-state index in [0.717, 1.165) is 12.3 Å². The minimum atomic E-state index is -3.83. The van der Waals surface area contributed by atoms with E-state index in [0.29, 0.717) is 12.8 Å². The van der Waals surface area contributed by atoms with Gasteiger partial charge in [0.2, 0.25) is 10.0 Å². The highest BCUT2D eigenvalue weighted by atomic mass is 32.2. The molecular weight excluding hydrogens is 312 g/mol. The zero-order valence-corrected chi connectivity index (χ0v) is 14.1. The van der Waals surface area contributed by atoms with Crippen molar-refractivity contribution in [2.75, 3.05) is 12.8 Å². The molecular formula is C13H22N2O4S2. The summed E-state index contributed by atoms with van der Waals surface area (Å²) in [6.07, 6.45) is 2.13. The SMILES string of the molecule is CCC(CC)(CN)NS(=O)(=O)c1cccc(S(C)(=O)=O)c1. The van der Waals surface area contributed by atoms with E-state index in [9.17, 15) is 16.8 Å². The van der Waals surface area contributed by atoms with Gasteiger partial charge in [0.15, 0.2) is 9.84 Å². The van der Waals surface area contributed by atoms with E-state index in [2.05, 4.69) is 4.72 Å². The van der Waals surface area contributed by atoms with Crippen LogP contribution in [0.25, 0.3) is 0 Å². The first kappa shape index (κ1) is 18.1. The van der Waals surface area contributed by atoms with Gasteiger partial charge in [0, 0.05) is 18.3 Å². The highest BCUT2D eigenvalue weighted by Crippen LogP contribution is 2.20. The van der Waals surface area contributed by atoms with E-state index in [1.807, 2.05) is 13.8 Å². The molecule has 0 aromatic heterocycles. The summed E-state index contributed by atoms with van der Waals surface area (Å²) < 4.78 is 50.5. The van der Waals surface area contributed by atoms with E-state index in [1.165, 1.54) is 18.2 Å². The van der Waals surface area contributed by atoms with Gasteiger partial charge in [-0.05, 0) is 31.0 Å². The number of nitrogens with one attached hydrogen (secondary N) is 1. The van der Waals surface area contributed by atoms with Crippen LogP contribution in [0.4, 0.5) is 0 Å². The molecule has 1 rings (SSSR count). The van der Waals surface area contributed by atoms with E-state index in [4.69, 9.17) is 5.73 Å². The Morgan fingerprint density at radius 2 is 1.62 bits per heavy atom. The normalized spacial score (nSPS) is 13.3. The second-order valence-electron chi connectivity index (χ2n) is 5.04. The van der Waals surface area contributed by atoms with E-state index in [1.54, 1.807) is 0 Å². The summed E-state index contributed by atoms with van der Waals surface area (Å²) in [5.74, 6) is 0. The van der Waals surface area contributed by atoms with Crippen LogP contribution >= 0.6 is 0 Å². The van der Waals surface area contributed by atoms with Crippen LogP contribution in [-0.4, -0.2) is 35.2 Å². The van der Waals surface area contributed by atoms with Gasteiger partial charge in [-0.2, -0.15) is 0 Å². The Bertz CT molecular complexity index is 684. The third-order valence-electron chi connectivity index (χ3n) is 3.64. The molecule has 8 heteroatoms. The van der Waals surface area contributed by atoms with Crippen molar-refractivity contribution in [3.63, 3.8) is 0 Å². The van der Waals surface area contributed by atoms with Crippen LogP contribution in [0.5, 0.6) is 0 Å². The molecule has 0 aliphatic heterocycles. The molecule has 0 bridgehead atoms. The Morgan fingerprint density at radius 3 is 2.05 bits per heavy atom. The topological polar surface area (TPSA) is 106 Å². The average Bonchev–Trinajstić information content (AvgIpc) is 2.44. The second kappa shape index (κ2) is 6.43. The van der Waals surface area contributed by atoms with Crippen molar-refractivity contribution in [2.45, 2.75) is 42.0 Å². The van der Waals surface area contributed by atoms with Crippen LogP contribution in [0.1, 0.15) is 26.7 Å². The summed E-state index contributed by atoms with van der Waals surface area (Å²) in [7, 11) is -7.29. The minimum absolute atomic E-state index is 0.0308. The number of benzene rings is 1. The lowest BCUT2D eigenvalue weighted by atomic mass is 9.95. The molecule has 0 fully saturated rings. The number of hydrogen-bond acceptors (Lipinski definition) is 5. The average molecular weight is 334 g/mol. The number of nitrogens with two attached hydrogens (primary N) is 1. The Balaban J connectivity index is 3.26. The van der Waals surface area contributed by atoms with Crippen molar-refractivity contribution in [3.05, 3.63) is 24.3 Å². The molecule has 0 heterocycles. The molecule has 0 amide bonds. The fraction of sp³-hybridized carbons (Fsp3) is 0.538. The molecule has 0 atom stereocenters. The molecule has 0 aliphatic rings. The van der Waals surface area contributed by atoms with Crippen LogP contribution in [0.2, 0.25) is 0 Å². The summed E-state index contributed by atoms with van der Waals surface area (Å²) in [4.78, 5) is -0.109. The molecule has 0 saturated heterocycles. The summed E-state index contributed by atoms with van der Waals surface area (Å²) in [6.45, 7) is 3.88. The molecule has 0 unspecified atom stereocenters. The van der Waals surface area contributed by atoms with Gasteiger partial charge >= 0.3 is 0 Å². The predicted octanol–water partition coefficient (Wildman–Crippen LogP) is 0.886. The van der Waals surface area contributed by atoms with Gasteiger partial charge in [0.1, 0.15) is 0 Å². The Labute approximate surface area is 126 Å². The van der Waals surface area contributed by atoms with E-state index in [-0.39, 0.29) is 16.3 Å². The molecule has 6 nitrogen and oxygen atoms in total. The van der Waals surface area contributed by atoms with Crippen LogP contribution < -0.4 is 10.5 Å². The van der Waals surface area contributed by atoms with Gasteiger partial charge in [-0.25, -0.2) is 21.6 Å². The number of rotatable bonds is 7. The fourth-order valence-corrected chi connectivity index (χ4v) is 4.28. The van der Waals surface area contributed by atoms with E-state index >= 15 is 0 Å². The molecule has 0 radical (unpaired) electrons. The van der Waals surface area contributed by atoms with Crippen LogP contribution in [-0.2, 0) is 19.9 Å². The van der Waals surface area contributed by atoms with Crippen molar-refractivity contribution in [1.82, 2.24) is 4.72 Å². The smallest absolute Gasteiger partial charge is 0.241 e. The van der Waals surface area contributed by atoms with Gasteiger partial charge in [-0.3, -0.25) is 0 Å². The zero-order chi connectivity index (χ0) is 16.3. The van der Waals surface area contributed by atoms with Gasteiger partial charge in [0.05, 0.1) is 9.79 Å². The van der Waals surface area contributed by atoms with Crippen LogP contribution in [0.3, 0.4) is 0 Å². The van der Waals surface area contributed by atoms with Gasteiger partial charge in [-0.1, -0.05) is 19.9 Å². The standard InChI is InChI=1S/C13H22N2O4S2/c1-4-13(5-2,10-14)15-21(18,19)12-8-6-7-11(9-12)20(3,16)17/h6-9,15H,4-5,10,14H2,1-3H3. The highest BCUT2D eigenvalue weighted by Gasteiger charge is 2.31. The molecule has 0 saturated carbocycles. The molecule has 0 spiro atoms. The summed E-state index contributed by atoms with van der Waals surface area (Å²) >= 11 is 0. The quantitative estimate of drug-likeness (QED) is 0.770. The third-order valence-corrected chi connectivity index (χ3v) is 6.33. The number of hydrogen-bond donors (Lipinski definition) is 2. The first-order valence-corrected chi connectivity index (χ1v) is 10.0. The maximum atomic E-state index is 12.4. The maximum absolute atomic E-state index is 12.4. The predicted molar refractivity (Wildman–Crippen MR) is 82.2 cm³/mol. The van der Waals surface area contributed by atoms with Gasteiger partial charge in [-0.15, -0.1) is 0 Å². The lowest BCUT2D eigenvalue weighted by Crippen LogP contribution is -2.52.